The van der Waals surface area contributed by atoms with Crippen LogP contribution in [0.5, 0.6) is 0 Å². The molecule has 116 valence electrons. The number of thioether (sulfide) groups is 1. The number of aliphatic hydroxyl groups excluding tert-OH is 3. The molecule has 0 radical (unpaired) electrons. The zero-order valence-corrected chi connectivity index (χ0v) is 12.6. The quantitative estimate of drug-likeness (QED) is 0.235. The molecule has 22 heavy (non-hydrogen) atoms. The first-order valence-electron chi connectivity index (χ1n) is 7.18. The van der Waals surface area contributed by atoms with Crippen molar-refractivity contribution in [2.75, 3.05) is 18.6 Å². The Kier molecular flexibility index (Phi) is 2.17. The van der Waals surface area contributed by atoms with Gasteiger partial charge in [-0.2, -0.15) is 9.98 Å². The maximum atomic E-state index is 10.5. The van der Waals surface area contributed by atoms with Crippen LogP contribution in [0.1, 0.15) is 0 Å². The first kappa shape index (κ1) is 13.2. The van der Waals surface area contributed by atoms with E-state index in [0.29, 0.717) is 27.0 Å². The maximum Gasteiger partial charge on any atom is 0.267 e. The van der Waals surface area contributed by atoms with Gasteiger partial charge in [-0.15, -0.1) is 0 Å². The molecule has 7 atom stereocenters. The second-order valence-electron chi connectivity index (χ2n) is 6.43. The summed E-state index contributed by atoms with van der Waals surface area (Å²) >= 11 is 1.40. The van der Waals surface area contributed by atoms with Gasteiger partial charge in [0.2, 0.25) is 5.54 Å². The van der Waals surface area contributed by atoms with E-state index in [0.717, 1.165) is 0 Å². The fraction of sp³-hybridized carbons (Fsp3) is 0.615. The Morgan fingerprint density at radius 1 is 1.41 bits per heavy atom. The van der Waals surface area contributed by atoms with Crippen molar-refractivity contribution in [1.82, 2.24) is 14.5 Å². The Morgan fingerprint density at radius 3 is 2.86 bits per heavy atom. The number of anilines is 1. The van der Waals surface area contributed by atoms with Crippen molar-refractivity contribution in [2.45, 2.75) is 28.9 Å². The van der Waals surface area contributed by atoms with Gasteiger partial charge in [0.15, 0.2) is 29.0 Å². The van der Waals surface area contributed by atoms with Crippen molar-refractivity contribution in [3.05, 3.63) is 0 Å². The van der Waals surface area contributed by atoms with Crippen LogP contribution < -0.4 is 10.2 Å². The molecule has 4 aliphatic rings. The molecular formula is C13H16N5O3S+. The number of nitrogens with zero attached hydrogens (tertiary/aromatic N) is 4. The van der Waals surface area contributed by atoms with Crippen LogP contribution in [0.3, 0.4) is 0 Å². The van der Waals surface area contributed by atoms with E-state index < -0.39 is 17.7 Å². The SMILES string of the molecule is CSc1nc(N)c2c(n1)[N+]1(C=N2)C2[C@H]3[C@H](CO)[C@@H](O)[C@@H](O)[C@@]231. The van der Waals surface area contributed by atoms with E-state index in [1.807, 2.05) is 6.26 Å². The summed E-state index contributed by atoms with van der Waals surface area (Å²) in [6.07, 6.45) is 1.85. The van der Waals surface area contributed by atoms with Gasteiger partial charge in [-0.25, -0.2) is 9.47 Å². The second kappa shape index (κ2) is 3.62. The topological polar surface area (TPSA) is 125 Å². The number of rotatable bonds is 2. The van der Waals surface area contributed by atoms with Gasteiger partial charge < -0.3 is 21.1 Å². The molecule has 1 saturated heterocycles. The molecule has 9 heteroatoms. The summed E-state index contributed by atoms with van der Waals surface area (Å²) < 4.78 is 0.349. The van der Waals surface area contributed by atoms with Crippen LogP contribution in [0.25, 0.3) is 0 Å². The minimum Gasteiger partial charge on any atom is -0.396 e. The third-order valence-corrected chi connectivity index (χ3v) is 6.48. The van der Waals surface area contributed by atoms with Crippen molar-refractivity contribution in [2.24, 2.45) is 16.8 Å². The van der Waals surface area contributed by atoms with Gasteiger partial charge in [-0.1, -0.05) is 11.8 Å². The highest BCUT2D eigenvalue weighted by atomic mass is 32.2. The van der Waals surface area contributed by atoms with E-state index in [1.54, 1.807) is 6.34 Å². The van der Waals surface area contributed by atoms with Gasteiger partial charge >= 0.3 is 0 Å². The van der Waals surface area contributed by atoms with Gasteiger partial charge in [0.05, 0.1) is 12.0 Å². The lowest BCUT2D eigenvalue weighted by molar-refractivity contribution is -0.00798. The number of aliphatic hydroxyl groups is 3. The molecule has 3 heterocycles. The Hall–Kier alpha value is -1.26. The van der Waals surface area contributed by atoms with Crippen LogP contribution >= 0.6 is 11.8 Å². The van der Waals surface area contributed by atoms with Crippen molar-refractivity contribution >= 4 is 35.4 Å². The molecule has 1 aromatic heterocycles. The van der Waals surface area contributed by atoms with E-state index in [9.17, 15) is 15.3 Å². The molecule has 1 aromatic rings. The summed E-state index contributed by atoms with van der Waals surface area (Å²) in [4.78, 5) is 13.1. The first-order valence-corrected chi connectivity index (χ1v) is 8.41. The molecular weight excluding hydrogens is 306 g/mol. The summed E-state index contributed by atoms with van der Waals surface area (Å²) in [5.74, 6) is 0.878. The lowest BCUT2D eigenvalue weighted by Gasteiger charge is -2.24. The summed E-state index contributed by atoms with van der Waals surface area (Å²) in [5, 5.41) is 30.8. The molecule has 2 saturated carbocycles. The van der Waals surface area contributed by atoms with Crippen LogP contribution in [0.2, 0.25) is 0 Å². The summed E-state index contributed by atoms with van der Waals surface area (Å²) in [6, 6.07) is 0.122. The molecule has 8 nitrogen and oxygen atoms in total. The molecule has 0 amide bonds. The number of hydrogen-bond donors (Lipinski definition) is 4. The van der Waals surface area contributed by atoms with E-state index in [2.05, 4.69) is 15.0 Å². The first-order chi connectivity index (χ1) is 10.6. The highest BCUT2D eigenvalue weighted by molar-refractivity contribution is 7.98. The molecule has 2 unspecified atom stereocenters. The lowest BCUT2D eigenvalue weighted by atomic mass is 10.00. The average molecular weight is 322 g/mol. The van der Waals surface area contributed by atoms with Crippen LogP contribution in [-0.4, -0.2) is 68.3 Å². The van der Waals surface area contributed by atoms with Gasteiger partial charge in [0.25, 0.3) is 5.82 Å². The zero-order chi connectivity index (χ0) is 15.4. The number of aliphatic imine (C=N–C) groups is 1. The highest BCUT2D eigenvalue weighted by Gasteiger charge is 3.09. The minimum atomic E-state index is -0.902. The smallest absolute Gasteiger partial charge is 0.267 e. The standard InChI is InChI=1S/C13H16N5O3S/c1-22-12-16-10(14)6-11(17-12)18(3-15-6)8-5-4(2-19)7(20)9(21)13(5,8)18/h3-5,7-9,19-21H,2H2,1H3,(H2,14,16,17)/q+1/t4-,5+,7+,8?,9+,13-,18?/m0/s1. The number of aromatic nitrogens is 2. The predicted octanol–water partition coefficient (Wildman–Crippen LogP) is -1.14. The van der Waals surface area contributed by atoms with E-state index in [1.165, 1.54) is 11.8 Å². The number of nitrogen functional groups attached to an aromatic ring is 1. The third-order valence-electron chi connectivity index (χ3n) is 5.93. The van der Waals surface area contributed by atoms with Crippen LogP contribution in [-0.2, 0) is 0 Å². The number of hydrogen-bond acceptors (Lipinski definition) is 8. The Balaban J connectivity index is 1.63. The van der Waals surface area contributed by atoms with E-state index >= 15 is 0 Å². The normalized spacial score (nSPS) is 49.2. The fourth-order valence-corrected chi connectivity index (χ4v) is 5.41. The maximum absolute atomic E-state index is 10.5. The number of nitrogens with two attached hydrogens (primary N) is 1. The third kappa shape index (κ3) is 1.03. The van der Waals surface area contributed by atoms with Crippen molar-refractivity contribution < 1.29 is 15.3 Å². The lowest BCUT2D eigenvalue weighted by Crippen LogP contribution is -2.47. The Labute approximate surface area is 130 Å². The molecule has 5 N–H and O–H groups in total. The molecule has 2 aliphatic heterocycles. The molecule has 0 bridgehead atoms. The van der Waals surface area contributed by atoms with Crippen LogP contribution in [0.4, 0.5) is 17.3 Å². The Bertz CT molecular complexity index is 745. The van der Waals surface area contributed by atoms with Crippen LogP contribution in [0.15, 0.2) is 10.1 Å². The zero-order valence-electron chi connectivity index (χ0n) is 11.8. The van der Waals surface area contributed by atoms with Crippen molar-refractivity contribution in [3.63, 3.8) is 0 Å². The van der Waals surface area contributed by atoms with Crippen molar-refractivity contribution in [1.29, 1.82) is 0 Å². The molecule has 5 rings (SSSR count). The molecule has 3 fully saturated rings. The monoisotopic (exact) mass is 322 g/mol. The summed E-state index contributed by atoms with van der Waals surface area (Å²) in [7, 11) is 0. The summed E-state index contributed by atoms with van der Waals surface area (Å²) in [6.45, 7) is -0.118. The average Bonchev–Trinajstić information content (AvgIpc) is 3.27. The summed E-state index contributed by atoms with van der Waals surface area (Å²) in [5.41, 5.74) is 6.04. The number of quaternary nitrogens is 1. The fourth-order valence-electron chi connectivity index (χ4n) is 5.04. The highest BCUT2D eigenvalue weighted by Crippen LogP contribution is 2.83. The van der Waals surface area contributed by atoms with Gasteiger partial charge in [-0.3, -0.25) is 0 Å². The predicted molar refractivity (Wildman–Crippen MR) is 80.8 cm³/mol. The molecule has 2 spiro atoms. The second-order valence-corrected chi connectivity index (χ2v) is 7.20. The van der Waals surface area contributed by atoms with E-state index in [-0.39, 0.29) is 24.5 Å². The van der Waals surface area contributed by atoms with Gasteiger partial charge in [0, 0.05) is 12.5 Å². The number of fused-ring (bicyclic) bond motifs is 4. The molecule has 2 aliphatic carbocycles. The van der Waals surface area contributed by atoms with Crippen LogP contribution in [0, 0.1) is 11.8 Å². The van der Waals surface area contributed by atoms with Gasteiger partial charge in [-0.05, 0) is 6.26 Å². The minimum absolute atomic E-state index is 0.105. The van der Waals surface area contributed by atoms with E-state index in [4.69, 9.17) is 5.73 Å². The van der Waals surface area contributed by atoms with Gasteiger partial charge in [0.1, 0.15) is 6.10 Å². The molecule has 0 aromatic carbocycles. The Morgan fingerprint density at radius 2 is 2.18 bits per heavy atom. The largest absolute Gasteiger partial charge is 0.396 e. The van der Waals surface area contributed by atoms with Crippen molar-refractivity contribution in [3.8, 4) is 0 Å².